The molecular weight excluding hydrogens is 648 g/mol. The van der Waals surface area contributed by atoms with Crippen molar-refractivity contribution in [3.8, 4) is 0 Å². The highest BCUT2D eigenvalue weighted by atomic mass is 79.9. The second-order valence-electron chi connectivity index (χ2n) is 11.0. The van der Waals surface area contributed by atoms with Crippen molar-refractivity contribution in [3.63, 3.8) is 0 Å². The largest absolute Gasteiger partial charge is 0.485 e. The number of hydrogen-bond acceptors (Lipinski definition) is 7. The van der Waals surface area contributed by atoms with E-state index >= 15 is 0 Å². The minimum Gasteiger partial charge on any atom is -0.485 e. The third-order valence-electron chi connectivity index (χ3n) is 7.53. The molecule has 4 aromatic carbocycles. The van der Waals surface area contributed by atoms with Gasteiger partial charge in [-0.15, -0.1) is 0 Å². The van der Waals surface area contributed by atoms with Gasteiger partial charge in [-0.05, 0) is 22.3 Å². The number of rotatable bonds is 14. The van der Waals surface area contributed by atoms with Crippen LogP contribution in [-0.2, 0) is 59.6 Å². The molecule has 1 saturated heterocycles. The molecule has 1 aliphatic heterocycles. The Morgan fingerprint density at radius 2 is 1.04 bits per heavy atom. The zero-order valence-corrected chi connectivity index (χ0v) is 27.4. The number of carbonyl (C=O) groups is 1. The van der Waals surface area contributed by atoms with Gasteiger partial charge in [-0.25, -0.2) is 0 Å². The van der Waals surface area contributed by atoms with Crippen LogP contribution in [-0.4, -0.2) is 43.1 Å². The predicted molar refractivity (Wildman–Crippen MR) is 179 cm³/mol. The van der Waals surface area contributed by atoms with Crippen LogP contribution in [0.5, 0.6) is 0 Å². The maximum atomic E-state index is 12.5. The van der Waals surface area contributed by atoms with Gasteiger partial charge in [-0.1, -0.05) is 137 Å². The SMILES string of the molecule is CC(=O)O[C@@H]1/C(=C/Br)O[C@H](COCc2ccccc2)[C@H](OCc2ccccc2)[C@H](OCc2ccccc2)[C@H]1OCc1ccccc1. The summed E-state index contributed by atoms with van der Waals surface area (Å²) in [6.07, 6.45) is -3.77. The van der Waals surface area contributed by atoms with Crippen molar-refractivity contribution in [2.45, 2.75) is 63.9 Å². The second kappa shape index (κ2) is 17.8. The van der Waals surface area contributed by atoms with Crippen molar-refractivity contribution < 1.29 is 33.2 Å². The normalized spacial score (nSPS) is 22.1. The van der Waals surface area contributed by atoms with Gasteiger partial charge in [-0.3, -0.25) is 4.79 Å². The van der Waals surface area contributed by atoms with E-state index in [1.165, 1.54) is 6.92 Å². The molecular formula is C38H39BrO7. The minimum atomic E-state index is -0.927. The number of ether oxygens (including phenoxy) is 6. The lowest BCUT2D eigenvalue weighted by Crippen LogP contribution is -2.51. The fraction of sp³-hybridized carbons (Fsp3) is 0.289. The molecule has 1 aliphatic rings. The molecule has 0 saturated carbocycles. The summed E-state index contributed by atoms with van der Waals surface area (Å²) in [6, 6.07) is 39.6. The smallest absolute Gasteiger partial charge is 0.303 e. The Kier molecular flexibility index (Phi) is 13.0. The van der Waals surface area contributed by atoms with Crippen LogP contribution >= 0.6 is 15.9 Å². The molecule has 1 fully saturated rings. The zero-order chi connectivity index (χ0) is 32.0. The Morgan fingerprint density at radius 1 is 0.630 bits per heavy atom. The van der Waals surface area contributed by atoms with Gasteiger partial charge in [0.05, 0.1) is 33.0 Å². The van der Waals surface area contributed by atoms with E-state index in [4.69, 9.17) is 28.4 Å². The molecule has 46 heavy (non-hydrogen) atoms. The van der Waals surface area contributed by atoms with Gasteiger partial charge in [-0.2, -0.15) is 0 Å². The summed E-state index contributed by atoms with van der Waals surface area (Å²) in [5, 5.41) is 0. The average Bonchev–Trinajstić information content (AvgIpc) is 3.20. The summed E-state index contributed by atoms with van der Waals surface area (Å²) >= 11 is 3.47. The number of hydrogen-bond donors (Lipinski definition) is 0. The second-order valence-corrected chi connectivity index (χ2v) is 11.4. The molecule has 0 bridgehead atoms. The van der Waals surface area contributed by atoms with Gasteiger partial charge in [0.15, 0.2) is 12.2 Å². The number of benzene rings is 4. The van der Waals surface area contributed by atoms with E-state index in [1.54, 1.807) is 4.99 Å². The molecule has 0 aliphatic carbocycles. The monoisotopic (exact) mass is 686 g/mol. The summed E-state index contributed by atoms with van der Waals surface area (Å²) < 4.78 is 38.8. The maximum Gasteiger partial charge on any atom is 0.303 e. The van der Waals surface area contributed by atoms with E-state index in [2.05, 4.69) is 15.9 Å². The molecule has 5 atom stereocenters. The lowest BCUT2D eigenvalue weighted by Gasteiger charge is -2.35. The fourth-order valence-corrected chi connectivity index (χ4v) is 5.67. The van der Waals surface area contributed by atoms with E-state index in [9.17, 15) is 4.79 Å². The minimum absolute atomic E-state index is 0.183. The molecule has 0 radical (unpaired) electrons. The van der Waals surface area contributed by atoms with Crippen LogP contribution in [0.3, 0.4) is 0 Å². The van der Waals surface area contributed by atoms with Gasteiger partial charge >= 0.3 is 5.97 Å². The molecule has 0 spiro atoms. The fourth-order valence-electron chi connectivity index (χ4n) is 5.30. The Balaban J connectivity index is 1.51. The Labute approximate surface area is 279 Å². The standard InChI is InChI=1S/C38H39BrO7/c1-28(40)45-36-33(22-39)46-34(27-41-23-29-14-6-2-7-15-29)35(42-24-30-16-8-3-9-17-30)37(43-25-31-18-10-4-11-19-31)38(36)44-26-32-20-12-5-13-21-32/h2-22,34-38H,23-27H2,1H3/b33-22-/t34-,35+,36-,37+,38+/m1/s1. The first-order valence-corrected chi connectivity index (χ1v) is 16.2. The van der Waals surface area contributed by atoms with Gasteiger partial charge in [0.1, 0.15) is 24.1 Å². The van der Waals surface area contributed by atoms with E-state index in [0.29, 0.717) is 19.0 Å². The van der Waals surface area contributed by atoms with Crippen molar-refractivity contribution in [2.75, 3.05) is 6.61 Å². The molecule has 0 N–H and O–H groups in total. The number of esters is 1. The van der Waals surface area contributed by atoms with Crippen molar-refractivity contribution in [3.05, 3.63) is 154 Å². The highest BCUT2D eigenvalue weighted by Gasteiger charge is 2.49. The van der Waals surface area contributed by atoms with E-state index in [-0.39, 0.29) is 19.8 Å². The van der Waals surface area contributed by atoms with Crippen LogP contribution < -0.4 is 0 Å². The van der Waals surface area contributed by atoms with Crippen LogP contribution in [0.1, 0.15) is 29.2 Å². The highest BCUT2D eigenvalue weighted by Crippen LogP contribution is 2.34. The maximum absolute atomic E-state index is 12.5. The molecule has 0 aromatic heterocycles. The average molecular weight is 688 g/mol. The summed E-state index contributed by atoms with van der Waals surface area (Å²) in [5.41, 5.74) is 3.97. The highest BCUT2D eigenvalue weighted by molar-refractivity contribution is 9.11. The Bertz CT molecular complexity index is 1490. The lowest BCUT2D eigenvalue weighted by atomic mass is 9.99. The third-order valence-corrected chi connectivity index (χ3v) is 7.98. The van der Waals surface area contributed by atoms with E-state index in [0.717, 1.165) is 22.3 Å². The van der Waals surface area contributed by atoms with E-state index < -0.39 is 36.5 Å². The van der Waals surface area contributed by atoms with Crippen molar-refractivity contribution in [1.82, 2.24) is 0 Å². The number of halogens is 1. The van der Waals surface area contributed by atoms with Crippen LogP contribution in [0.4, 0.5) is 0 Å². The van der Waals surface area contributed by atoms with Crippen molar-refractivity contribution in [2.24, 2.45) is 0 Å². The van der Waals surface area contributed by atoms with Crippen molar-refractivity contribution >= 4 is 21.9 Å². The predicted octanol–water partition coefficient (Wildman–Crippen LogP) is 7.53. The number of carbonyl (C=O) groups excluding carboxylic acids is 1. The molecule has 0 unspecified atom stereocenters. The summed E-state index contributed by atoms with van der Waals surface area (Å²) in [4.78, 5) is 14.1. The Hall–Kier alpha value is -3.79. The van der Waals surface area contributed by atoms with Crippen LogP contribution in [0.2, 0.25) is 0 Å². The van der Waals surface area contributed by atoms with Gasteiger partial charge < -0.3 is 28.4 Å². The molecule has 7 nitrogen and oxygen atoms in total. The molecule has 1 heterocycles. The zero-order valence-electron chi connectivity index (χ0n) is 25.8. The van der Waals surface area contributed by atoms with Crippen LogP contribution in [0, 0.1) is 0 Å². The molecule has 0 amide bonds. The topological polar surface area (TPSA) is 72.5 Å². The molecule has 5 rings (SSSR count). The first-order valence-electron chi connectivity index (χ1n) is 15.3. The summed E-state index contributed by atoms with van der Waals surface area (Å²) in [5.74, 6) is -0.100. The third kappa shape index (κ3) is 9.85. The van der Waals surface area contributed by atoms with Gasteiger partial charge in [0.25, 0.3) is 0 Å². The first kappa shape index (κ1) is 33.6. The van der Waals surface area contributed by atoms with Gasteiger partial charge in [0.2, 0.25) is 0 Å². The lowest BCUT2D eigenvalue weighted by molar-refractivity contribution is -0.190. The molecule has 4 aromatic rings. The van der Waals surface area contributed by atoms with Crippen LogP contribution in [0.15, 0.2) is 132 Å². The first-order chi connectivity index (χ1) is 22.6. The summed E-state index contributed by atoms with van der Waals surface area (Å²) in [6.45, 7) is 2.77. The van der Waals surface area contributed by atoms with E-state index in [1.807, 2.05) is 121 Å². The van der Waals surface area contributed by atoms with Crippen LogP contribution in [0.25, 0.3) is 0 Å². The van der Waals surface area contributed by atoms with Crippen molar-refractivity contribution in [1.29, 1.82) is 0 Å². The van der Waals surface area contributed by atoms with Gasteiger partial charge in [0, 0.05) is 11.9 Å². The molecule has 8 heteroatoms. The summed E-state index contributed by atoms with van der Waals surface area (Å²) in [7, 11) is 0. The Morgan fingerprint density at radius 3 is 1.48 bits per heavy atom. The quantitative estimate of drug-likeness (QED) is 0.127. The molecule has 240 valence electrons.